The van der Waals surface area contributed by atoms with E-state index < -0.39 is 5.91 Å². The fourth-order valence-corrected chi connectivity index (χ4v) is 4.75. The van der Waals surface area contributed by atoms with Crippen molar-refractivity contribution in [3.8, 4) is 17.1 Å². The standard InChI is InChI=1S/C30H25Cl2N7O3/c1-18-6-10-20-4-3-5-25(29(20)34-18)42-17-22-23(31)13-14-24(28(22)32)39(2)27(41)16-33-26(40)15-9-19-7-11-21(12-8-19)30-35-37-38-36-30/h3-15H,16-17H2,1-2H3,(H,33,40)(H,35,36,37,38)/b15-9+. The van der Waals surface area contributed by atoms with Gasteiger partial charge in [-0.15, -0.1) is 5.10 Å². The number of benzene rings is 3. The third-order valence-electron chi connectivity index (χ3n) is 6.47. The van der Waals surface area contributed by atoms with Crippen molar-refractivity contribution in [1.29, 1.82) is 0 Å². The van der Waals surface area contributed by atoms with Gasteiger partial charge in [-0.2, -0.15) is 0 Å². The molecule has 212 valence electrons. The van der Waals surface area contributed by atoms with Crippen LogP contribution in [0.4, 0.5) is 5.69 Å². The number of para-hydroxylation sites is 1. The van der Waals surface area contributed by atoms with E-state index >= 15 is 0 Å². The van der Waals surface area contributed by atoms with Crippen molar-refractivity contribution in [3.63, 3.8) is 0 Å². The van der Waals surface area contributed by atoms with E-state index in [1.807, 2.05) is 61.5 Å². The van der Waals surface area contributed by atoms with Gasteiger partial charge in [0, 0.05) is 40.4 Å². The number of tetrazole rings is 1. The smallest absolute Gasteiger partial charge is 0.246 e. The summed E-state index contributed by atoms with van der Waals surface area (Å²) in [5.41, 5.74) is 4.17. The summed E-state index contributed by atoms with van der Waals surface area (Å²) < 4.78 is 6.08. The Morgan fingerprint density at radius 3 is 2.62 bits per heavy atom. The van der Waals surface area contributed by atoms with Crippen molar-refractivity contribution in [2.45, 2.75) is 13.5 Å². The van der Waals surface area contributed by atoms with Gasteiger partial charge in [0.2, 0.25) is 11.8 Å². The Morgan fingerprint density at radius 2 is 1.86 bits per heavy atom. The molecular formula is C30H25Cl2N7O3. The van der Waals surface area contributed by atoms with E-state index in [0.29, 0.717) is 27.8 Å². The number of anilines is 1. The minimum Gasteiger partial charge on any atom is -0.487 e. The molecule has 0 spiro atoms. The highest BCUT2D eigenvalue weighted by atomic mass is 35.5. The molecule has 2 heterocycles. The number of carbonyl (C=O) groups excluding carboxylic acids is 2. The molecule has 0 atom stereocenters. The molecule has 12 heteroatoms. The molecule has 0 aliphatic rings. The predicted octanol–water partition coefficient (Wildman–Crippen LogP) is 5.40. The van der Waals surface area contributed by atoms with E-state index in [9.17, 15) is 9.59 Å². The SMILES string of the molecule is Cc1ccc2cccc(OCc3c(Cl)ccc(N(C)C(=O)CNC(=O)/C=C/c4ccc(-c5nnn[nH]5)cc4)c3Cl)c2n1. The Morgan fingerprint density at radius 1 is 1.05 bits per heavy atom. The number of aromatic nitrogens is 5. The molecule has 0 saturated carbocycles. The largest absolute Gasteiger partial charge is 0.487 e. The lowest BCUT2D eigenvalue weighted by Crippen LogP contribution is -2.37. The van der Waals surface area contributed by atoms with Crippen LogP contribution >= 0.6 is 23.2 Å². The lowest BCUT2D eigenvalue weighted by molar-refractivity contribution is -0.122. The Hall–Kier alpha value is -4.80. The number of pyridine rings is 1. The summed E-state index contributed by atoms with van der Waals surface area (Å²) in [5.74, 6) is 0.350. The van der Waals surface area contributed by atoms with E-state index in [2.05, 4.69) is 30.9 Å². The van der Waals surface area contributed by atoms with E-state index in [0.717, 1.165) is 27.7 Å². The molecule has 2 amide bonds. The zero-order chi connectivity index (χ0) is 29.6. The molecule has 42 heavy (non-hydrogen) atoms. The summed E-state index contributed by atoms with van der Waals surface area (Å²) in [4.78, 5) is 31.2. The number of aromatic amines is 1. The number of nitrogens with one attached hydrogen (secondary N) is 2. The van der Waals surface area contributed by atoms with E-state index in [1.54, 1.807) is 25.3 Å². The Labute approximate surface area is 251 Å². The van der Waals surface area contributed by atoms with Crippen LogP contribution in [0.2, 0.25) is 10.0 Å². The maximum absolute atomic E-state index is 12.9. The summed E-state index contributed by atoms with van der Waals surface area (Å²) in [6, 6.07) is 20.2. The molecule has 0 radical (unpaired) electrons. The molecule has 5 rings (SSSR count). The second kappa shape index (κ2) is 12.8. The molecule has 2 aromatic heterocycles. The first-order chi connectivity index (χ1) is 20.3. The summed E-state index contributed by atoms with van der Waals surface area (Å²) in [6.45, 7) is 1.75. The summed E-state index contributed by atoms with van der Waals surface area (Å²) in [5, 5.41) is 17.9. The number of fused-ring (bicyclic) bond motifs is 1. The minimum atomic E-state index is -0.421. The molecule has 0 aliphatic carbocycles. The number of aryl methyl sites for hydroxylation is 1. The van der Waals surface area contributed by atoms with Gasteiger partial charge in [0.15, 0.2) is 5.82 Å². The van der Waals surface area contributed by atoms with Crippen LogP contribution in [0.15, 0.2) is 72.8 Å². The number of rotatable bonds is 9. The van der Waals surface area contributed by atoms with Gasteiger partial charge in [-0.1, -0.05) is 65.7 Å². The lowest BCUT2D eigenvalue weighted by Gasteiger charge is -2.21. The normalized spacial score (nSPS) is 11.1. The molecule has 2 N–H and O–H groups in total. The molecule has 10 nitrogen and oxygen atoms in total. The first-order valence-corrected chi connectivity index (χ1v) is 13.6. The van der Waals surface area contributed by atoms with Gasteiger partial charge < -0.3 is 15.0 Å². The predicted molar refractivity (Wildman–Crippen MR) is 162 cm³/mol. The van der Waals surface area contributed by atoms with Crippen LogP contribution in [-0.4, -0.2) is 51.0 Å². The quantitative estimate of drug-likeness (QED) is 0.216. The Kier molecular flexibility index (Phi) is 8.75. The third-order valence-corrected chi connectivity index (χ3v) is 7.24. The van der Waals surface area contributed by atoms with Gasteiger partial charge in [0.05, 0.1) is 17.3 Å². The number of H-pyrrole nitrogens is 1. The van der Waals surface area contributed by atoms with Crippen molar-refractivity contribution < 1.29 is 14.3 Å². The van der Waals surface area contributed by atoms with Crippen molar-refractivity contribution in [3.05, 3.63) is 99.7 Å². The van der Waals surface area contributed by atoms with Crippen LogP contribution in [-0.2, 0) is 16.2 Å². The molecule has 0 bridgehead atoms. The lowest BCUT2D eigenvalue weighted by atomic mass is 10.1. The number of likely N-dealkylation sites (N-methyl/N-ethyl adjacent to an activating group) is 1. The summed E-state index contributed by atoms with van der Waals surface area (Å²) in [6.07, 6.45) is 2.99. The molecule has 5 aromatic rings. The zero-order valence-corrected chi connectivity index (χ0v) is 24.1. The van der Waals surface area contributed by atoms with Crippen LogP contribution in [0.5, 0.6) is 5.75 Å². The van der Waals surface area contributed by atoms with E-state index in [1.165, 1.54) is 11.0 Å². The zero-order valence-electron chi connectivity index (χ0n) is 22.6. The molecule has 0 unspecified atom stereocenters. The third kappa shape index (κ3) is 6.56. The monoisotopic (exact) mass is 601 g/mol. The topological polar surface area (TPSA) is 126 Å². The van der Waals surface area contributed by atoms with Crippen molar-refractivity contribution >= 4 is 57.7 Å². The van der Waals surface area contributed by atoms with Gasteiger partial charge in [-0.05, 0) is 53.3 Å². The molecule has 0 saturated heterocycles. The van der Waals surface area contributed by atoms with Gasteiger partial charge in [0.1, 0.15) is 17.9 Å². The maximum Gasteiger partial charge on any atom is 0.246 e. The first-order valence-electron chi connectivity index (χ1n) is 12.8. The first kappa shape index (κ1) is 28.7. The number of ether oxygens (including phenoxy) is 1. The molecule has 0 aliphatic heterocycles. The number of hydrogen-bond donors (Lipinski definition) is 2. The summed E-state index contributed by atoms with van der Waals surface area (Å²) >= 11 is 13.2. The fourth-order valence-electron chi connectivity index (χ4n) is 4.14. The van der Waals surface area contributed by atoms with Crippen LogP contribution in [0.25, 0.3) is 28.4 Å². The fraction of sp³-hybridized carbons (Fsp3) is 0.133. The van der Waals surface area contributed by atoms with Crippen molar-refractivity contribution in [2.75, 3.05) is 18.5 Å². The average molecular weight is 602 g/mol. The molecular weight excluding hydrogens is 577 g/mol. The van der Waals surface area contributed by atoms with Crippen LogP contribution in [0, 0.1) is 6.92 Å². The number of nitrogens with zero attached hydrogens (tertiary/aromatic N) is 5. The number of hydrogen-bond acceptors (Lipinski definition) is 7. The van der Waals surface area contributed by atoms with Crippen molar-refractivity contribution in [1.82, 2.24) is 30.9 Å². The highest BCUT2D eigenvalue weighted by Gasteiger charge is 2.19. The van der Waals surface area contributed by atoms with E-state index in [4.69, 9.17) is 27.9 Å². The number of halogens is 2. The van der Waals surface area contributed by atoms with Crippen molar-refractivity contribution in [2.24, 2.45) is 0 Å². The average Bonchev–Trinajstić information content (AvgIpc) is 3.54. The maximum atomic E-state index is 12.9. The molecule has 3 aromatic carbocycles. The van der Waals surface area contributed by atoms with Crippen LogP contribution < -0.4 is 15.0 Å². The highest BCUT2D eigenvalue weighted by Crippen LogP contribution is 2.35. The molecule has 0 fully saturated rings. The minimum absolute atomic E-state index is 0.0695. The van der Waals surface area contributed by atoms with Gasteiger partial charge >= 0.3 is 0 Å². The Balaban J connectivity index is 1.20. The summed E-state index contributed by atoms with van der Waals surface area (Å²) in [7, 11) is 1.58. The second-order valence-electron chi connectivity index (χ2n) is 9.30. The van der Waals surface area contributed by atoms with E-state index in [-0.39, 0.29) is 24.1 Å². The van der Waals surface area contributed by atoms with Gasteiger partial charge in [-0.25, -0.2) is 10.1 Å². The van der Waals surface area contributed by atoms with Crippen LogP contribution in [0.3, 0.4) is 0 Å². The highest BCUT2D eigenvalue weighted by molar-refractivity contribution is 6.38. The van der Waals surface area contributed by atoms with Gasteiger partial charge in [-0.3, -0.25) is 9.59 Å². The van der Waals surface area contributed by atoms with Crippen LogP contribution in [0.1, 0.15) is 16.8 Å². The second-order valence-corrected chi connectivity index (χ2v) is 10.1. The Bertz CT molecular complexity index is 1770. The van der Waals surface area contributed by atoms with Gasteiger partial charge in [0.25, 0.3) is 0 Å². The number of carbonyl (C=O) groups is 2. The number of amides is 2.